The molecule has 6 N–H and O–H groups in total. The SMILES string of the molecule is Cl.O=C(NNC(=O)Nc1ccc(C2=NCCN2)cc1)Nc1ccc(C2=NCCN2)cc1. The number of nitrogens with zero attached hydrogens (tertiary/aromatic N) is 2. The highest BCUT2D eigenvalue weighted by Crippen LogP contribution is 2.12. The largest absolute Gasteiger partial charge is 0.368 e. The van der Waals surface area contributed by atoms with Gasteiger partial charge in [0.15, 0.2) is 0 Å². The van der Waals surface area contributed by atoms with Crippen molar-refractivity contribution in [3.63, 3.8) is 0 Å². The van der Waals surface area contributed by atoms with Gasteiger partial charge in [0.1, 0.15) is 11.7 Å². The highest BCUT2D eigenvalue weighted by molar-refractivity contribution is 6.01. The lowest BCUT2D eigenvalue weighted by atomic mass is 10.2. The quantitative estimate of drug-likeness (QED) is 0.402. The molecule has 162 valence electrons. The lowest BCUT2D eigenvalue weighted by Crippen LogP contribution is -2.45. The van der Waals surface area contributed by atoms with Gasteiger partial charge in [0, 0.05) is 35.6 Å². The summed E-state index contributed by atoms with van der Waals surface area (Å²) in [6.45, 7) is 3.20. The molecule has 2 aromatic carbocycles. The molecule has 31 heavy (non-hydrogen) atoms. The number of nitrogens with one attached hydrogen (secondary N) is 6. The highest BCUT2D eigenvalue weighted by atomic mass is 35.5. The van der Waals surface area contributed by atoms with Crippen molar-refractivity contribution in [1.29, 1.82) is 0 Å². The fraction of sp³-hybridized carbons (Fsp3) is 0.200. The number of urea groups is 2. The number of halogens is 1. The Morgan fingerprint density at radius 3 is 1.39 bits per heavy atom. The zero-order chi connectivity index (χ0) is 20.8. The van der Waals surface area contributed by atoms with Gasteiger partial charge in [0.2, 0.25) is 0 Å². The van der Waals surface area contributed by atoms with Gasteiger partial charge in [-0.05, 0) is 48.5 Å². The molecule has 4 rings (SSSR count). The van der Waals surface area contributed by atoms with Crippen LogP contribution in [0, 0.1) is 0 Å². The first-order valence-corrected chi connectivity index (χ1v) is 9.59. The fourth-order valence-electron chi connectivity index (χ4n) is 3.04. The summed E-state index contributed by atoms with van der Waals surface area (Å²) < 4.78 is 0. The van der Waals surface area contributed by atoms with E-state index >= 15 is 0 Å². The number of amides is 4. The van der Waals surface area contributed by atoms with E-state index in [0.717, 1.165) is 49.0 Å². The smallest absolute Gasteiger partial charge is 0.337 e. The molecule has 0 fully saturated rings. The fourth-order valence-corrected chi connectivity index (χ4v) is 3.04. The number of rotatable bonds is 4. The van der Waals surface area contributed by atoms with E-state index in [9.17, 15) is 9.59 Å². The van der Waals surface area contributed by atoms with Gasteiger partial charge < -0.3 is 21.3 Å². The molecule has 0 aromatic heterocycles. The van der Waals surface area contributed by atoms with Crippen molar-refractivity contribution < 1.29 is 9.59 Å². The first kappa shape index (κ1) is 21.9. The van der Waals surface area contributed by atoms with Crippen LogP contribution in [-0.4, -0.2) is 49.9 Å². The van der Waals surface area contributed by atoms with Gasteiger partial charge in [-0.3, -0.25) is 9.98 Å². The summed E-state index contributed by atoms with van der Waals surface area (Å²) in [4.78, 5) is 32.7. The number of benzene rings is 2. The predicted octanol–water partition coefficient (Wildman–Crippen LogP) is 1.67. The topological polar surface area (TPSA) is 131 Å². The summed E-state index contributed by atoms with van der Waals surface area (Å²) >= 11 is 0. The van der Waals surface area contributed by atoms with E-state index in [0.29, 0.717) is 11.4 Å². The van der Waals surface area contributed by atoms with Crippen molar-refractivity contribution in [3.05, 3.63) is 59.7 Å². The summed E-state index contributed by atoms with van der Waals surface area (Å²) in [5.74, 6) is 1.70. The number of amidine groups is 2. The molecule has 0 aliphatic carbocycles. The average Bonchev–Trinajstić information content (AvgIpc) is 3.48. The number of carbonyl (C=O) groups is 2. The zero-order valence-electron chi connectivity index (χ0n) is 16.6. The summed E-state index contributed by atoms with van der Waals surface area (Å²) in [6.07, 6.45) is 0. The third-order valence-corrected chi connectivity index (χ3v) is 4.47. The minimum Gasteiger partial charge on any atom is -0.368 e. The van der Waals surface area contributed by atoms with Gasteiger partial charge in [0.05, 0.1) is 13.1 Å². The van der Waals surface area contributed by atoms with Gasteiger partial charge in [0.25, 0.3) is 0 Å². The Kier molecular flexibility index (Phi) is 7.28. The Labute approximate surface area is 185 Å². The van der Waals surface area contributed by atoms with Crippen molar-refractivity contribution in [2.45, 2.75) is 0 Å². The van der Waals surface area contributed by atoms with E-state index in [-0.39, 0.29) is 12.4 Å². The molecular formula is C20H23ClN8O2. The molecule has 0 atom stereocenters. The van der Waals surface area contributed by atoms with Crippen LogP contribution in [0.3, 0.4) is 0 Å². The van der Waals surface area contributed by atoms with Gasteiger partial charge in [-0.15, -0.1) is 12.4 Å². The van der Waals surface area contributed by atoms with Crippen LogP contribution in [0.2, 0.25) is 0 Å². The Bertz CT molecular complexity index is 908. The van der Waals surface area contributed by atoms with E-state index in [1.807, 2.05) is 24.3 Å². The standard InChI is InChI=1S/C20H22N8O2.ClH/c29-19(25-15-5-1-13(2-6-15)17-21-9-10-22-17)27-28-20(30)26-16-7-3-14(4-8-16)18-23-11-12-24-18;/h1-8H,9-12H2,(H,21,22)(H,23,24)(H2,25,27,29)(H2,26,28,30);1H. The van der Waals surface area contributed by atoms with Crippen molar-refractivity contribution >= 4 is 47.5 Å². The maximum atomic E-state index is 12.0. The molecule has 10 nitrogen and oxygen atoms in total. The molecule has 2 heterocycles. The molecule has 4 amide bonds. The molecule has 0 saturated carbocycles. The third kappa shape index (κ3) is 5.86. The summed E-state index contributed by atoms with van der Waals surface area (Å²) in [6, 6.07) is 13.4. The summed E-state index contributed by atoms with van der Waals surface area (Å²) in [5.41, 5.74) is 7.70. The minimum absolute atomic E-state index is 0. The number of anilines is 2. The maximum absolute atomic E-state index is 12.0. The molecule has 2 aliphatic heterocycles. The van der Waals surface area contributed by atoms with Crippen molar-refractivity contribution in [2.24, 2.45) is 9.98 Å². The van der Waals surface area contributed by atoms with Crippen LogP contribution in [0.5, 0.6) is 0 Å². The van der Waals surface area contributed by atoms with E-state index < -0.39 is 12.1 Å². The average molecular weight is 443 g/mol. The van der Waals surface area contributed by atoms with E-state index in [1.165, 1.54) is 0 Å². The normalized spacial score (nSPS) is 14.2. The first-order chi connectivity index (χ1) is 14.7. The lowest BCUT2D eigenvalue weighted by Gasteiger charge is -2.11. The third-order valence-electron chi connectivity index (χ3n) is 4.47. The monoisotopic (exact) mass is 442 g/mol. The summed E-state index contributed by atoms with van der Waals surface area (Å²) in [5, 5.41) is 11.7. The Balaban J connectivity index is 0.00000272. The molecular weight excluding hydrogens is 420 g/mol. The molecule has 0 radical (unpaired) electrons. The lowest BCUT2D eigenvalue weighted by molar-refractivity contribution is 0.237. The second-order valence-corrected chi connectivity index (χ2v) is 6.63. The van der Waals surface area contributed by atoms with Crippen molar-refractivity contribution in [2.75, 3.05) is 36.8 Å². The molecule has 2 aliphatic rings. The number of hydrogen-bond donors (Lipinski definition) is 6. The molecule has 0 bridgehead atoms. The highest BCUT2D eigenvalue weighted by Gasteiger charge is 2.10. The molecule has 0 saturated heterocycles. The zero-order valence-corrected chi connectivity index (χ0v) is 17.4. The van der Waals surface area contributed by atoms with Crippen LogP contribution in [0.15, 0.2) is 58.5 Å². The van der Waals surface area contributed by atoms with Crippen LogP contribution in [0.4, 0.5) is 21.0 Å². The van der Waals surface area contributed by atoms with Crippen molar-refractivity contribution in [3.8, 4) is 0 Å². The predicted molar refractivity (Wildman–Crippen MR) is 123 cm³/mol. The summed E-state index contributed by atoms with van der Waals surface area (Å²) in [7, 11) is 0. The van der Waals surface area contributed by atoms with Gasteiger partial charge >= 0.3 is 12.1 Å². The van der Waals surface area contributed by atoms with Crippen LogP contribution in [0.1, 0.15) is 11.1 Å². The molecule has 0 unspecified atom stereocenters. The van der Waals surface area contributed by atoms with E-state index in [1.54, 1.807) is 24.3 Å². The van der Waals surface area contributed by atoms with E-state index in [2.05, 4.69) is 42.1 Å². The number of hydrogen-bond acceptors (Lipinski definition) is 6. The Morgan fingerprint density at radius 1 is 0.677 bits per heavy atom. The molecule has 2 aromatic rings. The number of hydrazine groups is 1. The first-order valence-electron chi connectivity index (χ1n) is 9.59. The Hall–Kier alpha value is -3.79. The second kappa shape index (κ2) is 10.3. The second-order valence-electron chi connectivity index (χ2n) is 6.63. The van der Waals surface area contributed by atoms with Gasteiger partial charge in [-0.2, -0.15) is 0 Å². The molecule has 11 heteroatoms. The van der Waals surface area contributed by atoms with Gasteiger partial charge in [-0.25, -0.2) is 20.4 Å². The maximum Gasteiger partial charge on any atom is 0.337 e. The van der Waals surface area contributed by atoms with Crippen LogP contribution in [0.25, 0.3) is 0 Å². The minimum atomic E-state index is -0.560. The molecule has 0 spiro atoms. The van der Waals surface area contributed by atoms with Gasteiger partial charge in [-0.1, -0.05) is 0 Å². The Morgan fingerprint density at radius 2 is 1.06 bits per heavy atom. The van der Waals surface area contributed by atoms with Crippen LogP contribution < -0.4 is 32.1 Å². The number of aliphatic imine (C=N–C) groups is 2. The van der Waals surface area contributed by atoms with Crippen LogP contribution >= 0.6 is 12.4 Å². The van der Waals surface area contributed by atoms with Crippen molar-refractivity contribution in [1.82, 2.24) is 21.5 Å². The number of carbonyl (C=O) groups excluding carboxylic acids is 2. The van der Waals surface area contributed by atoms with E-state index in [4.69, 9.17) is 0 Å². The van der Waals surface area contributed by atoms with Crippen LogP contribution in [-0.2, 0) is 0 Å².